The molecule has 0 unspecified atom stereocenters. The molecular weight excluding hydrogens is 450 g/mol. The maximum absolute atomic E-state index is 11.3. The lowest BCUT2D eigenvalue weighted by Gasteiger charge is -2.25. The third-order valence-corrected chi connectivity index (χ3v) is 4.75. The van der Waals surface area contributed by atoms with Crippen LogP contribution in [0.15, 0.2) is 0 Å². The van der Waals surface area contributed by atoms with Crippen LogP contribution in [0.1, 0.15) is 66.2 Å². The van der Waals surface area contributed by atoms with E-state index in [4.69, 9.17) is 9.47 Å². The summed E-state index contributed by atoms with van der Waals surface area (Å²) in [5.74, 6) is -0.602. The van der Waals surface area contributed by atoms with Gasteiger partial charge in [-0.05, 0) is 52.9 Å². The summed E-state index contributed by atoms with van der Waals surface area (Å²) in [6.07, 6.45) is 5.43. The number of hydrogen-bond donors (Lipinski definition) is 1. The van der Waals surface area contributed by atoms with Crippen molar-refractivity contribution in [3.8, 4) is 0 Å². The van der Waals surface area contributed by atoms with Gasteiger partial charge in [-0.3, -0.25) is 14.4 Å². The van der Waals surface area contributed by atoms with Gasteiger partial charge in [-0.15, -0.1) is 0 Å². The summed E-state index contributed by atoms with van der Waals surface area (Å²) in [7, 11) is 4.07. The van der Waals surface area contributed by atoms with Crippen molar-refractivity contribution >= 4 is 44.8 Å². The lowest BCUT2D eigenvalue weighted by Crippen LogP contribution is -2.36. The molecule has 10 heteroatoms. The summed E-state index contributed by atoms with van der Waals surface area (Å²) < 4.78 is 10.8. The third kappa shape index (κ3) is 22.2. The van der Waals surface area contributed by atoms with E-state index in [0.29, 0.717) is 19.5 Å². The summed E-state index contributed by atoms with van der Waals surface area (Å²) in [6, 6.07) is 0. The summed E-state index contributed by atoms with van der Waals surface area (Å²) in [5.41, 5.74) is 0. The van der Waals surface area contributed by atoms with Crippen LogP contribution in [0.25, 0.3) is 0 Å². The summed E-state index contributed by atoms with van der Waals surface area (Å²) in [5, 5.41) is 2.74. The highest BCUT2D eigenvalue weighted by atomic mass is 32.1. The molecule has 0 aromatic heterocycles. The Labute approximate surface area is 209 Å². The Kier molecular flexibility index (Phi) is 24.3. The Morgan fingerprint density at radius 3 is 1.59 bits per heavy atom. The van der Waals surface area contributed by atoms with E-state index in [0.717, 1.165) is 51.7 Å². The van der Waals surface area contributed by atoms with Gasteiger partial charge in [-0.25, -0.2) is 0 Å². The molecule has 0 heterocycles. The fraction of sp³-hybridized carbons (Fsp3) is 0.864. The second-order valence-corrected chi connectivity index (χ2v) is 8.11. The number of likely N-dealkylation sites (N-methyl/N-ethyl adjacent to an activating group) is 2. The molecule has 0 spiro atoms. The standard InChI is InChI=1S/C22H43N3O5.2H2S/c1-7-8-11-21(29-19(3)27)16-24(5)14-9-10-15-25(6)17-22(30-20(4)28)12-13-23-18(2)26;;/h21-22H,7-17H2,1-6H3,(H,23,26);2*1H2/t21-,22-;;/m0../s1. The minimum absolute atomic E-state index is 0. The van der Waals surface area contributed by atoms with Crippen LogP contribution in [0.2, 0.25) is 0 Å². The quantitative estimate of drug-likeness (QED) is 0.244. The van der Waals surface area contributed by atoms with E-state index in [2.05, 4.69) is 29.1 Å². The molecule has 0 saturated carbocycles. The van der Waals surface area contributed by atoms with Gasteiger partial charge in [0.1, 0.15) is 12.2 Å². The highest BCUT2D eigenvalue weighted by Gasteiger charge is 2.16. The van der Waals surface area contributed by atoms with Crippen molar-refractivity contribution in [2.45, 2.75) is 78.4 Å². The van der Waals surface area contributed by atoms with Gasteiger partial charge in [0.25, 0.3) is 0 Å². The number of rotatable bonds is 17. The van der Waals surface area contributed by atoms with E-state index in [1.807, 2.05) is 7.05 Å². The second kappa shape index (κ2) is 21.9. The van der Waals surface area contributed by atoms with E-state index in [1.54, 1.807) is 0 Å². The molecule has 8 nitrogen and oxygen atoms in total. The van der Waals surface area contributed by atoms with Crippen LogP contribution in [-0.4, -0.2) is 86.7 Å². The number of carbonyl (C=O) groups excluding carboxylic acids is 3. The second-order valence-electron chi connectivity index (χ2n) is 8.11. The van der Waals surface area contributed by atoms with Crippen LogP contribution in [0, 0.1) is 0 Å². The highest BCUT2D eigenvalue weighted by Crippen LogP contribution is 2.08. The first-order valence-electron chi connectivity index (χ1n) is 11.1. The monoisotopic (exact) mass is 497 g/mol. The first kappa shape index (κ1) is 35.6. The first-order valence-corrected chi connectivity index (χ1v) is 11.1. The average Bonchev–Trinajstić information content (AvgIpc) is 2.62. The molecule has 1 amide bonds. The Morgan fingerprint density at radius 1 is 0.781 bits per heavy atom. The van der Waals surface area contributed by atoms with Crippen LogP contribution < -0.4 is 5.32 Å². The van der Waals surface area contributed by atoms with Crippen molar-refractivity contribution in [3.63, 3.8) is 0 Å². The fourth-order valence-corrected chi connectivity index (χ4v) is 3.33. The molecule has 192 valence electrons. The summed E-state index contributed by atoms with van der Waals surface area (Å²) in [4.78, 5) is 38.0. The van der Waals surface area contributed by atoms with Gasteiger partial charge < -0.3 is 24.6 Å². The Balaban J connectivity index is -0.00000420. The van der Waals surface area contributed by atoms with Crippen molar-refractivity contribution in [1.82, 2.24) is 15.1 Å². The molecule has 0 aromatic carbocycles. The lowest BCUT2D eigenvalue weighted by atomic mass is 10.1. The Morgan fingerprint density at radius 2 is 1.22 bits per heavy atom. The zero-order valence-electron chi connectivity index (χ0n) is 20.9. The maximum atomic E-state index is 11.3. The first-order chi connectivity index (χ1) is 14.1. The molecule has 0 rings (SSSR count). The topological polar surface area (TPSA) is 88.2 Å². The zero-order valence-corrected chi connectivity index (χ0v) is 22.9. The van der Waals surface area contributed by atoms with Gasteiger partial charge in [-0.2, -0.15) is 27.0 Å². The number of unbranched alkanes of at least 4 members (excludes halogenated alkanes) is 2. The van der Waals surface area contributed by atoms with E-state index in [9.17, 15) is 14.4 Å². The largest absolute Gasteiger partial charge is 0.461 e. The summed E-state index contributed by atoms with van der Waals surface area (Å²) in [6.45, 7) is 10.2. The SMILES string of the molecule is CCCC[C@@H](CN(C)CCCCN(C)C[C@H](CCNC(C)=O)OC(C)=O)OC(C)=O.S.S. The van der Waals surface area contributed by atoms with Crippen molar-refractivity contribution in [2.75, 3.05) is 46.8 Å². The highest BCUT2D eigenvalue weighted by molar-refractivity contribution is 7.59. The molecule has 0 saturated heterocycles. The molecule has 0 radical (unpaired) electrons. The minimum Gasteiger partial charge on any atom is -0.461 e. The number of amides is 1. The van der Waals surface area contributed by atoms with Gasteiger partial charge in [0, 0.05) is 46.8 Å². The Bertz CT molecular complexity index is 512. The van der Waals surface area contributed by atoms with Gasteiger partial charge in [-0.1, -0.05) is 13.3 Å². The van der Waals surface area contributed by atoms with Crippen molar-refractivity contribution in [2.24, 2.45) is 0 Å². The number of ether oxygens (including phenoxy) is 2. The van der Waals surface area contributed by atoms with Crippen LogP contribution in [-0.2, 0) is 23.9 Å². The normalized spacial score (nSPS) is 12.4. The van der Waals surface area contributed by atoms with Crippen LogP contribution in [0.5, 0.6) is 0 Å². The molecular formula is C22H47N3O5S2. The van der Waals surface area contributed by atoms with Gasteiger partial charge >= 0.3 is 11.9 Å². The van der Waals surface area contributed by atoms with E-state index in [-0.39, 0.29) is 57.0 Å². The smallest absolute Gasteiger partial charge is 0.302 e. The van der Waals surface area contributed by atoms with E-state index in [1.165, 1.54) is 20.8 Å². The van der Waals surface area contributed by atoms with Gasteiger partial charge in [0.15, 0.2) is 0 Å². The van der Waals surface area contributed by atoms with Crippen LogP contribution >= 0.6 is 27.0 Å². The third-order valence-electron chi connectivity index (χ3n) is 4.75. The number of carbonyl (C=O) groups is 3. The molecule has 0 aliphatic heterocycles. The van der Waals surface area contributed by atoms with E-state index < -0.39 is 0 Å². The minimum atomic E-state index is -0.303. The molecule has 0 aromatic rings. The maximum Gasteiger partial charge on any atom is 0.302 e. The molecule has 32 heavy (non-hydrogen) atoms. The Hall–Kier alpha value is -0.970. The fourth-order valence-electron chi connectivity index (χ4n) is 3.33. The molecule has 0 aliphatic rings. The average molecular weight is 498 g/mol. The predicted molar refractivity (Wildman–Crippen MR) is 139 cm³/mol. The van der Waals surface area contributed by atoms with Crippen molar-refractivity contribution in [3.05, 3.63) is 0 Å². The van der Waals surface area contributed by atoms with Crippen molar-refractivity contribution in [1.29, 1.82) is 0 Å². The molecule has 2 atom stereocenters. The molecule has 0 fully saturated rings. The predicted octanol–water partition coefficient (Wildman–Crippen LogP) is 2.44. The number of nitrogens with one attached hydrogen (secondary N) is 1. The zero-order chi connectivity index (χ0) is 22.9. The van der Waals surface area contributed by atoms with E-state index >= 15 is 0 Å². The lowest BCUT2D eigenvalue weighted by molar-refractivity contribution is -0.148. The van der Waals surface area contributed by atoms with Crippen molar-refractivity contribution < 1.29 is 23.9 Å². The van der Waals surface area contributed by atoms with Crippen LogP contribution in [0.4, 0.5) is 0 Å². The summed E-state index contributed by atoms with van der Waals surface area (Å²) >= 11 is 0. The molecule has 0 aliphatic carbocycles. The van der Waals surface area contributed by atoms with Gasteiger partial charge in [0.2, 0.25) is 5.91 Å². The molecule has 1 N–H and O–H groups in total. The van der Waals surface area contributed by atoms with Crippen LogP contribution in [0.3, 0.4) is 0 Å². The number of nitrogens with zero attached hydrogens (tertiary/aromatic N) is 2. The number of esters is 2. The number of hydrogen-bond acceptors (Lipinski definition) is 7. The molecule has 0 bridgehead atoms. The van der Waals surface area contributed by atoms with Gasteiger partial charge in [0.05, 0.1) is 0 Å².